The number of aromatic nitrogens is 3. The number of carbonyl (C=O) groups is 1. The molecule has 4 rings (SSSR count). The van der Waals surface area contributed by atoms with Gasteiger partial charge in [0.25, 0.3) is 0 Å². The fourth-order valence-corrected chi connectivity index (χ4v) is 4.02. The zero-order chi connectivity index (χ0) is 17.4. The van der Waals surface area contributed by atoms with Gasteiger partial charge >= 0.3 is 0 Å². The van der Waals surface area contributed by atoms with Crippen molar-refractivity contribution in [2.24, 2.45) is 0 Å². The molecule has 1 aromatic heterocycles. The highest BCUT2D eigenvalue weighted by atomic mass is 16.2. The standard InChI is InChI=1S/C19H25N5O/c1-13(20-16-9-10-18-22-21-14(2)24(18)12-16)19(25)23-11-5-7-15-6-3-4-8-17(15)23/h3-4,6,8,13,16,20H,5,7,9-12H2,1-2H3. The molecular weight excluding hydrogens is 314 g/mol. The number of amides is 1. The Morgan fingerprint density at radius 3 is 3.00 bits per heavy atom. The molecule has 3 heterocycles. The van der Waals surface area contributed by atoms with E-state index in [9.17, 15) is 4.79 Å². The summed E-state index contributed by atoms with van der Waals surface area (Å²) in [4.78, 5) is 15.0. The average Bonchev–Trinajstić information content (AvgIpc) is 3.01. The van der Waals surface area contributed by atoms with Crippen LogP contribution >= 0.6 is 0 Å². The van der Waals surface area contributed by atoms with Gasteiger partial charge in [-0.1, -0.05) is 18.2 Å². The Labute approximate surface area is 148 Å². The molecule has 0 radical (unpaired) electrons. The smallest absolute Gasteiger partial charge is 0.243 e. The summed E-state index contributed by atoms with van der Waals surface area (Å²) < 4.78 is 2.16. The van der Waals surface area contributed by atoms with Crippen molar-refractivity contribution in [2.75, 3.05) is 11.4 Å². The van der Waals surface area contributed by atoms with Crippen LogP contribution in [0.5, 0.6) is 0 Å². The molecule has 2 unspecified atom stereocenters. The summed E-state index contributed by atoms with van der Waals surface area (Å²) in [5.74, 6) is 2.17. The number of nitrogens with one attached hydrogen (secondary N) is 1. The number of hydrogen-bond acceptors (Lipinski definition) is 4. The third kappa shape index (κ3) is 3.06. The summed E-state index contributed by atoms with van der Waals surface area (Å²) in [6.07, 6.45) is 3.99. The Morgan fingerprint density at radius 1 is 1.28 bits per heavy atom. The lowest BCUT2D eigenvalue weighted by atomic mass is 10.0. The number of nitrogens with zero attached hydrogens (tertiary/aromatic N) is 4. The van der Waals surface area contributed by atoms with Crippen LogP contribution in [0.15, 0.2) is 24.3 Å². The van der Waals surface area contributed by atoms with Crippen molar-refractivity contribution in [3.05, 3.63) is 41.5 Å². The first kappa shape index (κ1) is 16.3. The Hall–Kier alpha value is -2.21. The van der Waals surface area contributed by atoms with Gasteiger partial charge in [-0.25, -0.2) is 0 Å². The third-order valence-electron chi connectivity index (χ3n) is 5.36. The van der Waals surface area contributed by atoms with E-state index in [0.29, 0.717) is 0 Å². The molecule has 2 atom stereocenters. The minimum Gasteiger partial charge on any atom is -0.314 e. The molecule has 6 nitrogen and oxygen atoms in total. The quantitative estimate of drug-likeness (QED) is 0.927. The number of anilines is 1. The van der Waals surface area contributed by atoms with E-state index < -0.39 is 0 Å². The third-order valence-corrected chi connectivity index (χ3v) is 5.36. The summed E-state index contributed by atoms with van der Waals surface area (Å²) in [6, 6.07) is 8.34. The van der Waals surface area contributed by atoms with Gasteiger partial charge in [-0.3, -0.25) is 4.79 Å². The van der Waals surface area contributed by atoms with E-state index in [0.717, 1.165) is 56.1 Å². The SMILES string of the molecule is Cc1nnc2n1CC(NC(C)C(=O)N1CCCc3ccccc31)CC2. The molecule has 1 aromatic carbocycles. The lowest BCUT2D eigenvalue weighted by Crippen LogP contribution is -2.51. The lowest BCUT2D eigenvalue weighted by Gasteiger charge is -2.33. The first-order valence-electron chi connectivity index (χ1n) is 9.17. The highest BCUT2D eigenvalue weighted by Crippen LogP contribution is 2.27. The molecule has 0 spiro atoms. The summed E-state index contributed by atoms with van der Waals surface area (Å²) in [6.45, 7) is 5.61. The number of benzene rings is 1. The van der Waals surface area contributed by atoms with Crippen LogP contribution in [-0.2, 0) is 24.2 Å². The van der Waals surface area contributed by atoms with Crippen molar-refractivity contribution in [3.8, 4) is 0 Å². The van der Waals surface area contributed by atoms with Gasteiger partial charge in [0, 0.05) is 31.2 Å². The maximum Gasteiger partial charge on any atom is 0.243 e. The van der Waals surface area contributed by atoms with Crippen LogP contribution in [0.25, 0.3) is 0 Å². The maximum atomic E-state index is 13.0. The Morgan fingerprint density at radius 2 is 2.12 bits per heavy atom. The maximum absolute atomic E-state index is 13.0. The Kier molecular flexibility index (Phi) is 4.29. The molecule has 0 fully saturated rings. The number of rotatable bonds is 3. The van der Waals surface area contributed by atoms with Crippen molar-refractivity contribution in [1.29, 1.82) is 0 Å². The molecule has 2 aliphatic rings. The fraction of sp³-hybridized carbons (Fsp3) is 0.526. The Balaban J connectivity index is 1.45. The van der Waals surface area contributed by atoms with E-state index in [1.165, 1.54) is 5.56 Å². The first-order valence-corrected chi connectivity index (χ1v) is 9.17. The minimum absolute atomic E-state index is 0.165. The summed E-state index contributed by atoms with van der Waals surface area (Å²) in [5, 5.41) is 11.9. The zero-order valence-corrected chi connectivity index (χ0v) is 14.9. The predicted molar refractivity (Wildman–Crippen MR) is 96.6 cm³/mol. The van der Waals surface area contributed by atoms with Crippen LogP contribution in [-0.4, -0.2) is 39.3 Å². The summed E-state index contributed by atoms with van der Waals surface area (Å²) in [7, 11) is 0. The van der Waals surface area contributed by atoms with E-state index in [1.807, 2.05) is 24.8 Å². The van der Waals surface area contributed by atoms with Gasteiger partial charge < -0.3 is 14.8 Å². The van der Waals surface area contributed by atoms with Crippen LogP contribution in [0.1, 0.15) is 37.0 Å². The number of fused-ring (bicyclic) bond motifs is 2. The van der Waals surface area contributed by atoms with Crippen LogP contribution in [0.2, 0.25) is 0 Å². The summed E-state index contributed by atoms with van der Waals surface area (Å²) >= 11 is 0. The van der Waals surface area contributed by atoms with Gasteiger partial charge in [-0.2, -0.15) is 0 Å². The van der Waals surface area contributed by atoms with Gasteiger partial charge in [0.2, 0.25) is 5.91 Å². The van der Waals surface area contributed by atoms with E-state index >= 15 is 0 Å². The molecule has 25 heavy (non-hydrogen) atoms. The highest BCUT2D eigenvalue weighted by Gasteiger charge is 2.29. The first-order chi connectivity index (χ1) is 12.1. The van der Waals surface area contributed by atoms with E-state index in [2.05, 4.69) is 38.3 Å². The van der Waals surface area contributed by atoms with Gasteiger partial charge in [-0.05, 0) is 44.7 Å². The lowest BCUT2D eigenvalue weighted by molar-refractivity contribution is -0.120. The monoisotopic (exact) mass is 339 g/mol. The normalized spacial score (nSPS) is 20.7. The second-order valence-corrected chi connectivity index (χ2v) is 7.12. The topological polar surface area (TPSA) is 63.1 Å². The molecule has 0 saturated carbocycles. The Bertz CT molecular complexity index is 784. The second kappa shape index (κ2) is 6.59. The van der Waals surface area contributed by atoms with Crippen LogP contribution < -0.4 is 10.2 Å². The van der Waals surface area contributed by atoms with Gasteiger partial charge in [0.15, 0.2) is 0 Å². The molecule has 2 aliphatic heterocycles. The van der Waals surface area contributed by atoms with Gasteiger partial charge in [0.1, 0.15) is 11.6 Å². The number of aryl methyl sites for hydroxylation is 3. The van der Waals surface area contributed by atoms with Crippen molar-refractivity contribution in [2.45, 2.75) is 58.2 Å². The van der Waals surface area contributed by atoms with Crippen LogP contribution in [0, 0.1) is 6.92 Å². The fourth-order valence-electron chi connectivity index (χ4n) is 4.02. The number of carbonyl (C=O) groups excluding carboxylic acids is 1. The van der Waals surface area contributed by atoms with Crippen molar-refractivity contribution >= 4 is 11.6 Å². The number of para-hydroxylation sites is 1. The number of hydrogen-bond donors (Lipinski definition) is 1. The molecular formula is C19H25N5O. The largest absolute Gasteiger partial charge is 0.314 e. The predicted octanol–water partition coefficient (Wildman–Crippen LogP) is 1.86. The molecule has 6 heteroatoms. The molecule has 0 bridgehead atoms. The van der Waals surface area contributed by atoms with Crippen LogP contribution in [0.4, 0.5) is 5.69 Å². The molecule has 0 saturated heterocycles. The molecule has 132 valence electrons. The minimum atomic E-state index is -0.200. The summed E-state index contributed by atoms with van der Waals surface area (Å²) in [5.41, 5.74) is 2.35. The molecule has 2 aromatic rings. The van der Waals surface area contributed by atoms with Crippen molar-refractivity contribution in [3.63, 3.8) is 0 Å². The molecule has 0 aliphatic carbocycles. The van der Waals surface area contributed by atoms with E-state index in [4.69, 9.17) is 0 Å². The van der Waals surface area contributed by atoms with Gasteiger partial charge in [0.05, 0.1) is 6.04 Å². The highest BCUT2D eigenvalue weighted by molar-refractivity contribution is 5.98. The van der Waals surface area contributed by atoms with Crippen LogP contribution in [0.3, 0.4) is 0 Å². The molecule has 1 amide bonds. The second-order valence-electron chi connectivity index (χ2n) is 7.12. The molecule has 1 N–H and O–H groups in total. The van der Waals surface area contributed by atoms with Gasteiger partial charge in [-0.15, -0.1) is 10.2 Å². The average molecular weight is 339 g/mol. The zero-order valence-electron chi connectivity index (χ0n) is 14.9. The van der Waals surface area contributed by atoms with Crippen molar-refractivity contribution in [1.82, 2.24) is 20.1 Å². The van der Waals surface area contributed by atoms with E-state index in [-0.39, 0.29) is 18.0 Å². The van der Waals surface area contributed by atoms with E-state index in [1.54, 1.807) is 0 Å². The van der Waals surface area contributed by atoms with Crippen molar-refractivity contribution < 1.29 is 4.79 Å².